The highest BCUT2D eigenvalue weighted by atomic mass is 35.5. The van der Waals surface area contributed by atoms with Gasteiger partial charge in [0.05, 0.1) is 21.8 Å². The highest BCUT2D eigenvalue weighted by Gasteiger charge is 2.33. The molecule has 0 atom stereocenters. The molecule has 86 valence electrons. The average Bonchev–Trinajstić information content (AvgIpc) is 2.23. The largest absolute Gasteiger partial charge is 0.371 e. The van der Waals surface area contributed by atoms with E-state index in [1.807, 2.05) is 44.0 Å². The fraction of sp³-hybridized carbons (Fsp3) is 0.417. The molecule has 0 bridgehead atoms. The van der Waals surface area contributed by atoms with Crippen molar-refractivity contribution in [3.63, 3.8) is 0 Å². The molecular weight excluding hydrogens is 224 g/mol. The first-order valence-electron chi connectivity index (χ1n) is 5.23. The molecule has 16 heavy (non-hydrogen) atoms. The summed E-state index contributed by atoms with van der Waals surface area (Å²) in [6.45, 7) is 4.51. The van der Waals surface area contributed by atoms with Gasteiger partial charge in [-0.3, -0.25) is 4.79 Å². The van der Waals surface area contributed by atoms with Crippen LogP contribution in [0.15, 0.2) is 18.2 Å². The Morgan fingerprint density at radius 3 is 2.81 bits per heavy atom. The van der Waals surface area contributed by atoms with Crippen molar-refractivity contribution in [1.29, 1.82) is 0 Å². The summed E-state index contributed by atoms with van der Waals surface area (Å²) < 4.78 is 0. The summed E-state index contributed by atoms with van der Waals surface area (Å²) in [5, 5.41) is 3.58. The van der Waals surface area contributed by atoms with Crippen LogP contribution in [0.25, 0.3) is 0 Å². The lowest BCUT2D eigenvalue weighted by molar-refractivity contribution is -0.123. The summed E-state index contributed by atoms with van der Waals surface area (Å²) in [6.07, 6.45) is 0. The molecule has 1 heterocycles. The maximum atomic E-state index is 12.0. The van der Waals surface area contributed by atoms with Crippen molar-refractivity contribution in [1.82, 2.24) is 0 Å². The predicted octanol–water partition coefficient (Wildman–Crippen LogP) is 2.75. The first-order valence-corrected chi connectivity index (χ1v) is 5.61. The standard InChI is InChI=1S/C12H15ClN2O/c1-12(2)7-15(3)10-8(13)5-4-6-9(10)14-11(12)16/h4-6H,7H2,1-3H3,(H,14,16). The fourth-order valence-electron chi connectivity index (χ4n) is 2.04. The van der Waals surface area contributed by atoms with Crippen molar-refractivity contribution in [2.24, 2.45) is 5.41 Å². The Morgan fingerprint density at radius 2 is 2.12 bits per heavy atom. The summed E-state index contributed by atoms with van der Waals surface area (Å²) >= 11 is 6.16. The Hall–Kier alpha value is -1.22. The van der Waals surface area contributed by atoms with Crippen LogP contribution in [-0.4, -0.2) is 19.5 Å². The van der Waals surface area contributed by atoms with Crippen LogP contribution < -0.4 is 10.2 Å². The van der Waals surface area contributed by atoms with E-state index in [1.165, 1.54) is 0 Å². The minimum atomic E-state index is -0.420. The van der Waals surface area contributed by atoms with Gasteiger partial charge in [0, 0.05) is 13.6 Å². The smallest absolute Gasteiger partial charge is 0.231 e. The molecular formula is C12H15ClN2O. The zero-order chi connectivity index (χ0) is 11.9. The van der Waals surface area contributed by atoms with Crippen molar-refractivity contribution in [2.45, 2.75) is 13.8 Å². The molecule has 0 unspecified atom stereocenters. The van der Waals surface area contributed by atoms with Crippen LogP contribution in [0.5, 0.6) is 0 Å². The van der Waals surface area contributed by atoms with Gasteiger partial charge in [0.15, 0.2) is 0 Å². The zero-order valence-electron chi connectivity index (χ0n) is 9.67. The molecule has 1 amide bonds. The minimum Gasteiger partial charge on any atom is -0.371 e. The molecule has 0 saturated heterocycles. The van der Waals surface area contributed by atoms with Crippen molar-refractivity contribution in [3.05, 3.63) is 23.2 Å². The number of nitrogens with one attached hydrogen (secondary N) is 1. The van der Waals surface area contributed by atoms with Crippen LogP contribution in [0.1, 0.15) is 13.8 Å². The number of carbonyl (C=O) groups excluding carboxylic acids is 1. The highest BCUT2D eigenvalue weighted by molar-refractivity contribution is 6.34. The van der Waals surface area contributed by atoms with Gasteiger partial charge in [-0.1, -0.05) is 17.7 Å². The van der Waals surface area contributed by atoms with E-state index in [2.05, 4.69) is 5.32 Å². The van der Waals surface area contributed by atoms with Gasteiger partial charge in [-0.15, -0.1) is 0 Å². The molecule has 1 aromatic carbocycles. The van der Waals surface area contributed by atoms with Crippen LogP contribution in [0.2, 0.25) is 5.02 Å². The molecule has 2 rings (SSSR count). The quantitative estimate of drug-likeness (QED) is 0.754. The lowest BCUT2D eigenvalue weighted by atomic mass is 9.92. The molecule has 0 aliphatic carbocycles. The number of hydrogen-bond donors (Lipinski definition) is 1. The van der Waals surface area contributed by atoms with Crippen LogP contribution in [-0.2, 0) is 4.79 Å². The molecule has 0 saturated carbocycles. The molecule has 3 nitrogen and oxygen atoms in total. The molecule has 1 aromatic rings. The van der Waals surface area contributed by atoms with E-state index in [0.717, 1.165) is 11.4 Å². The van der Waals surface area contributed by atoms with E-state index >= 15 is 0 Å². The fourth-order valence-corrected chi connectivity index (χ4v) is 2.36. The highest BCUT2D eigenvalue weighted by Crippen LogP contribution is 2.38. The summed E-state index contributed by atoms with van der Waals surface area (Å²) in [5.41, 5.74) is 1.26. The minimum absolute atomic E-state index is 0.0281. The first-order chi connectivity index (χ1) is 7.42. The van der Waals surface area contributed by atoms with Crippen LogP contribution in [0.4, 0.5) is 11.4 Å². The lowest BCUT2D eigenvalue weighted by Gasteiger charge is -2.26. The Morgan fingerprint density at radius 1 is 1.44 bits per heavy atom. The van der Waals surface area contributed by atoms with Crippen molar-refractivity contribution >= 4 is 28.9 Å². The van der Waals surface area contributed by atoms with E-state index < -0.39 is 5.41 Å². The van der Waals surface area contributed by atoms with Crippen molar-refractivity contribution < 1.29 is 4.79 Å². The van der Waals surface area contributed by atoms with Gasteiger partial charge < -0.3 is 10.2 Å². The number of benzene rings is 1. The summed E-state index contributed by atoms with van der Waals surface area (Å²) in [7, 11) is 1.95. The molecule has 0 fully saturated rings. The molecule has 4 heteroatoms. The van der Waals surface area contributed by atoms with Crippen LogP contribution in [0.3, 0.4) is 0 Å². The zero-order valence-corrected chi connectivity index (χ0v) is 10.4. The van der Waals surface area contributed by atoms with E-state index in [9.17, 15) is 4.79 Å². The Bertz CT molecular complexity index is 443. The Balaban J connectivity index is 2.53. The second-order valence-electron chi connectivity index (χ2n) is 4.83. The van der Waals surface area contributed by atoms with Crippen molar-refractivity contribution in [3.8, 4) is 0 Å². The number of hydrogen-bond acceptors (Lipinski definition) is 2. The summed E-state index contributed by atoms with van der Waals surface area (Å²) in [4.78, 5) is 14.0. The normalized spacial score (nSPS) is 18.8. The number of fused-ring (bicyclic) bond motifs is 1. The van der Waals surface area contributed by atoms with Gasteiger partial charge >= 0.3 is 0 Å². The van der Waals surface area contributed by atoms with Crippen LogP contribution in [0, 0.1) is 5.41 Å². The number of para-hydroxylation sites is 1. The number of carbonyl (C=O) groups is 1. The number of halogens is 1. The van der Waals surface area contributed by atoms with Gasteiger partial charge in [-0.05, 0) is 26.0 Å². The maximum absolute atomic E-state index is 12.0. The van der Waals surface area contributed by atoms with E-state index in [0.29, 0.717) is 11.6 Å². The maximum Gasteiger partial charge on any atom is 0.231 e. The first kappa shape index (κ1) is 11.3. The second-order valence-corrected chi connectivity index (χ2v) is 5.24. The van der Waals surface area contributed by atoms with Gasteiger partial charge in [0.25, 0.3) is 0 Å². The van der Waals surface area contributed by atoms with Gasteiger partial charge in [0.2, 0.25) is 5.91 Å². The predicted molar refractivity (Wildman–Crippen MR) is 67.1 cm³/mol. The Kier molecular flexibility index (Phi) is 2.58. The second kappa shape index (κ2) is 3.67. The number of amides is 1. The topological polar surface area (TPSA) is 32.3 Å². The van der Waals surface area contributed by atoms with E-state index in [1.54, 1.807) is 0 Å². The Labute approximate surface area is 100 Å². The summed E-state index contributed by atoms with van der Waals surface area (Å²) in [5.74, 6) is 0.0281. The van der Waals surface area contributed by atoms with Crippen LogP contribution >= 0.6 is 11.6 Å². The molecule has 0 spiro atoms. The van der Waals surface area contributed by atoms with E-state index in [4.69, 9.17) is 11.6 Å². The summed E-state index contributed by atoms with van der Waals surface area (Å²) in [6, 6.07) is 5.55. The average molecular weight is 239 g/mol. The molecule has 1 N–H and O–H groups in total. The lowest BCUT2D eigenvalue weighted by Crippen LogP contribution is -2.37. The molecule has 1 aliphatic rings. The van der Waals surface area contributed by atoms with Gasteiger partial charge in [-0.25, -0.2) is 0 Å². The SMILES string of the molecule is CN1CC(C)(C)C(=O)Nc2cccc(Cl)c21. The van der Waals surface area contributed by atoms with Crippen molar-refractivity contribution in [2.75, 3.05) is 23.8 Å². The molecule has 0 aromatic heterocycles. The monoisotopic (exact) mass is 238 g/mol. The number of anilines is 2. The van der Waals surface area contributed by atoms with E-state index in [-0.39, 0.29) is 5.91 Å². The molecule has 0 radical (unpaired) electrons. The number of rotatable bonds is 0. The van der Waals surface area contributed by atoms with Gasteiger partial charge in [-0.2, -0.15) is 0 Å². The third-order valence-corrected chi connectivity index (χ3v) is 3.17. The number of nitrogens with zero attached hydrogens (tertiary/aromatic N) is 1. The van der Waals surface area contributed by atoms with Gasteiger partial charge in [0.1, 0.15) is 0 Å². The third kappa shape index (κ3) is 1.76. The third-order valence-electron chi connectivity index (χ3n) is 2.86. The molecule has 1 aliphatic heterocycles.